The maximum absolute atomic E-state index is 12.7. The minimum atomic E-state index is -0.0748. The van der Waals surface area contributed by atoms with Crippen LogP contribution >= 0.6 is 0 Å². The summed E-state index contributed by atoms with van der Waals surface area (Å²) in [6.07, 6.45) is 1.78. The highest BCUT2D eigenvalue weighted by molar-refractivity contribution is 5.81. The number of benzene rings is 2. The number of nitrogens with zero attached hydrogens (tertiary/aromatic N) is 1. The van der Waals surface area contributed by atoms with E-state index in [0.29, 0.717) is 0 Å². The molecule has 0 fully saturated rings. The third-order valence-electron chi connectivity index (χ3n) is 5.51. The van der Waals surface area contributed by atoms with E-state index in [-0.39, 0.29) is 43.0 Å². The van der Waals surface area contributed by atoms with Crippen molar-refractivity contribution in [2.45, 2.75) is 58.7 Å². The normalized spacial score (nSPS) is 13.1. The number of carbonyl (C=O) groups excluding carboxylic acids is 2. The minimum Gasteiger partial charge on any atom is -0.348 e. The van der Waals surface area contributed by atoms with Gasteiger partial charge in [-0.05, 0) is 37.8 Å². The average molecular weight is 410 g/mol. The lowest BCUT2D eigenvalue weighted by atomic mass is 10.1. The number of nitrogens with one attached hydrogen (secondary N) is 2. The molecule has 2 rings (SSSR count). The molecule has 0 unspecified atom stereocenters. The smallest absolute Gasteiger partial charge is 0.234 e. The van der Waals surface area contributed by atoms with E-state index in [1.54, 1.807) is 0 Å². The second kappa shape index (κ2) is 12.1. The van der Waals surface area contributed by atoms with Gasteiger partial charge in [-0.3, -0.25) is 14.5 Å². The zero-order valence-electron chi connectivity index (χ0n) is 18.6. The van der Waals surface area contributed by atoms with E-state index < -0.39 is 0 Å². The number of hydrogen-bond donors (Lipinski definition) is 2. The number of rotatable bonds is 11. The maximum atomic E-state index is 12.7. The standard InChI is InChI=1S/C25H35N3O2/c1-5-23(6-2)28(17-24(29)26-19(3)21-13-9-7-10-14-21)18-25(30)27-20(4)22-15-11-8-12-16-22/h7-16,19-20,23H,5-6,17-18H2,1-4H3,(H,26,29)(H,27,30)/t19-,20+. The van der Waals surface area contributed by atoms with Crippen molar-refractivity contribution >= 4 is 11.8 Å². The topological polar surface area (TPSA) is 61.4 Å². The zero-order chi connectivity index (χ0) is 21.9. The Hall–Kier alpha value is -2.66. The molecule has 0 radical (unpaired) electrons. The Labute approximate surface area is 180 Å². The predicted molar refractivity (Wildman–Crippen MR) is 122 cm³/mol. The molecule has 0 spiro atoms. The summed E-state index contributed by atoms with van der Waals surface area (Å²) in [4.78, 5) is 27.4. The molecule has 0 aliphatic carbocycles. The van der Waals surface area contributed by atoms with Gasteiger partial charge >= 0.3 is 0 Å². The van der Waals surface area contributed by atoms with Crippen molar-refractivity contribution in [1.29, 1.82) is 0 Å². The molecule has 0 saturated heterocycles. The molecule has 0 aromatic heterocycles. The van der Waals surface area contributed by atoms with E-state index >= 15 is 0 Å². The van der Waals surface area contributed by atoms with Gasteiger partial charge in [0.15, 0.2) is 0 Å². The molecule has 2 amide bonds. The Kier molecular flexibility index (Phi) is 9.55. The molecule has 0 aliphatic rings. The second-order valence-electron chi connectivity index (χ2n) is 7.78. The SMILES string of the molecule is CCC(CC)N(CC(=O)N[C@@H](C)c1ccccc1)CC(=O)N[C@H](C)c1ccccc1. The van der Waals surface area contributed by atoms with Crippen LogP contribution in [0.4, 0.5) is 0 Å². The second-order valence-corrected chi connectivity index (χ2v) is 7.78. The summed E-state index contributed by atoms with van der Waals surface area (Å²) in [6, 6.07) is 19.8. The van der Waals surface area contributed by atoms with Crippen LogP contribution < -0.4 is 10.6 Å². The van der Waals surface area contributed by atoms with Crippen molar-refractivity contribution in [3.05, 3.63) is 71.8 Å². The van der Waals surface area contributed by atoms with Gasteiger partial charge in [0.1, 0.15) is 0 Å². The first kappa shape index (κ1) is 23.6. The van der Waals surface area contributed by atoms with Crippen molar-refractivity contribution in [2.75, 3.05) is 13.1 Å². The molecule has 0 saturated carbocycles. The Morgan fingerprint density at radius 1 is 0.733 bits per heavy atom. The molecule has 0 aliphatic heterocycles. The molecule has 2 aromatic carbocycles. The molecule has 0 bridgehead atoms. The Morgan fingerprint density at radius 2 is 1.10 bits per heavy atom. The lowest BCUT2D eigenvalue weighted by Gasteiger charge is -2.30. The first-order valence-electron chi connectivity index (χ1n) is 10.9. The van der Waals surface area contributed by atoms with Crippen LogP contribution in [0.3, 0.4) is 0 Å². The van der Waals surface area contributed by atoms with Crippen molar-refractivity contribution in [3.8, 4) is 0 Å². The van der Waals surface area contributed by atoms with E-state index in [4.69, 9.17) is 0 Å². The molecule has 2 aromatic rings. The number of amides is 2. The molecule has 30 heavy (non-hydrogen) atoms. The molecular weight excluding hydrogens is 374 g/mol. The van der Waals surface area contributed by atoms with Gasteiger partial charge in [0.25, 0.3) is 0 Å². The van der Waals surface area contributed by atoms with Crippen LogP contribution in [0.2, 0.25) is 0 Å². The molecular formula is C25H35N3O2. The van der Waals surface area contributed by atoms with Gasteiger partial charge in [-0.15, -0.1) is 0 Å². The highest BCUT2D eigenvalue weighted by atomic mass is 16.2. The molecule has 5 heteroatoms. The number of hydrogen-bond acceptors (Lipinski definition) is 3. The number of carbonyl (C=O) groups is 2. The summed E-state index contributed by atoms with van der Waals surface area (Å²) >= 11 is 0. The van der Waals surface area contributed by atoms with Crippen molar-refractivity contribution in [2.24, 2.45) is 0 Å². The third kappa shape index (κ3) is 7.30. The Morgan fingerprint density at radius 3 is 1.43 bits per heavy atom. The summed E-state index contributed by atoms with van der Waals surface area (Å²) in [5, 5.41) is 6.11. The van der Waals surface area contributed by atoms with Crippen LogP contribution in [0.1, 0.15) is 63.7 Å². The monoisotopic (exact) mass is 409 g/mol. The van der Waals surface area contributed by atoms with Gasteiger partial charge in [-0.2, -0.15) is 0 Å². The van der Waals surface area contributed by atoms with Gasteiger partial charge in [0.2, 0.25) is 11.8 Å². The maximum Gasteiger partial charge on any atom is 0.234 e. The molecule has 2 atom stereocenters. The van der Waals surface area contributed by atoms with Crippen molar-refractivity contribution < 1.29 is 9.59 Å². The fourth-order valence-corrected chi connectivity index (χ4v) is 3.71. The fraction of sp³-hybridized carbons (Fsp3) is 0.440. The highest BCUT2D eigenvalue weighted by Gasteiger charge is 2.23. The van der Waals surface area contributed by atoms with Crippen LogP contribution in [0.25, 0.3) is 0 Å². The summed E-state index contributed by atoms with van der Waals surface area (Å²) < 4.78 is 0. The highest BCUT2D eigenvalue weighted by Crippen LogP contribution is 2.14. The van der Waals surface area contributed by atoms with E-state index in [1.165, 1.54) is 0 Å². The summed E-state index contributed by atoms with van der Waals surface area (Å²) in [7, 11) is 0. The van der Waals surface area contributed by atoms with Gasteiger partial charge < -0.3 is 10.6 Å². The van der Waals surface area contributed by atoms with Crippen LogP contribution in [0.15, 0.2) is 60.7 Å². The molecule has 2 N–H and O–H groups in total. The van der Waals surface area contributed by atoms with Gasteiger partial charge in [0, 0.05) is 6.04 Å². The average Bonchev–Trinajstić information content (AvgIpc) is 2.75. The third-order valence-corrected chi connectivity index (χ3v) is 5.51. The van der Waals surface area contributed by atoms with Crippen LogP contribution in [0.5, 0.6) is 0 Å². The zero-order valence-corrected chi connectivity index (χ0v) is 18.6. The van der Waals surface area contributed by atoms with E-state index in [1.807, 2.05) is 79.4 Å². The molecule has 162 valence electrons. The van der Waals surface area contributed by atoms with Gasteiger partial charge in [-0.25, -0.2) is 0 Å². The molecule has 5 nitrogen and oxygen atoms in total. The first-order chi connectivity index (χ1) is 14.4. The van der Waals surface area contributed by atoms with Crippen molar-refractivity contribution in [3.63, 3.8) is 0 Å². The van der Waals surface area contributed by atoms with E-state index in [0.717, 1.165) is 24.0 Å². The van der Waals surface area contributed by atoms with E-state index in [2.05, 4.69) is 24.5 Å². The Bertz CT molecular complexity index is 714. The quantitative estimate of drug-likeness (QED) is 0.584. The van der Waals surface area contributed by atoms with Crippen LogP contribution in [-0.2, 0) is 9.59 Å². The summed E-state index contributed by atoms with van der Waals surface area (Å²) in [6.45, 7) is 8.55. The lowest BCUT2D eigenvalue weighted by molar-refractivity contribution is -0.126. The van der Waals surface area contributed by atoms with Crippen LogP contribution in [-0.4, -0.2) is 35.8 Å². The Balaban J connectivity index is 1.97. The van der Waals surface area contributed by atoms with Crippen molar-refractivity contribution in [1.82, 2.24) is 15.5 Å². The lowest BCUT2D eigenvalue weighted by Crippen LogP contribution is -2.48. The summed E-state index contributed by atoms with van der Waals surface area (Å²) in [5.74, 6) is -0.135. The predicted octanol–water partition coefficient (Wildman–Crippen LogP) is 4.23. The summed E-state index contributed by atoms with van der Waals surface area (Å²) in [5.41, 5.74) is 2.13. The largest absolute Gasteiger partial charge is 0.348 e. The van der Waals surface area contributed by atoms with E-state index in [9.17, 15) is 9.59 Å². The fourth-order valence-electron chi connectivity index (χ4n) is 3.71. The minimum absolute atomic E-state index is 0.0674. The van der Waals surface area contributed by atoms with Gasteiger partial charge in [0.05, 0.1) is 25.2 Å². The first-order valence-corrected chi connectivity index (χ1v) is 10.9. The molecule has 0 heterocycles. The van der Waals surface area contributed by atoms with Crippen LogP contribution in [0, 0.1) is 0 Å². The van der Waals surface area contributed by atoms with Gasteiger partial charge in [-0.1, -0.05) is 74.5 Å².